The third-order valence-corrected chi connectivity index (χ3v) is 6.88. The van der Waals surface area contributed by atoms with Crippen LogP contribution in [-0.2, 0) is 6.42 Å². The van der Waals surface area contributed by atoms with Crippen molar-refractivity contribution in [3.05, 3.63) is 46.5 Å². The molecule has 2 aromatic rings. The van der Waals surface area contributed by atoms with Gasteiger partial charge in [0, 0.05) is 32.7 Å². The summed E-state index contributed by atoms with van der Waals surface area (Å²) in [5.74, 6) is 2.57. The number of rotatable bonds is 8. The predicted molar refractivity (Wildman–Crippen MR) is 135 cm³/mol. The van der Waals surface area contributed by atoms with Crippen molar-refractivity contribution >= 4 is 18.2 Å². The average molecular weight is 491 g/mol. The van der Waals surface area contributed by atoms with Gasteiger partial charge in [0.2, 0.25) is 5.75 Å². The van der Waals surface area contributed by atoms with E-state index in [2.05, 4.69) is 35.8 Å². The number of Topliss-reactive ketones (excluding diaryl/α,β-unsaturated/α-hetero) is 1. The summed E-state index contributed by atoms with van der Waals surface area (Å²) in [6.45, 7) is 9.28. The van der Waals surface area contributed by atoms with Gasteiger partial charge in [-0.3, -0.25) is 14.6 Å². The number of hydrogen-bond donors (Lipinski definition) is 0. The van der Waals surface area contributed by atoms with E-state index in [1.165, 1.54) is 11.1 Å². The first-order valence-corrected chi connectivity index (χ1v) is 11.5. The van der Waals surface area contributed by atoms with E-state index in [0.717, 1.165) is 44.0 Å². The number of hydrogen-bond acceptors (Lipinski definition) is 7. The van der Waals surface area contributed by atoms with Crippen molar-refractivity contribution in [3.63, 3.8) is 0 Å². The Hall–Kier alpha value is -2.48. The maximum atomic E-state index is 13.4. The number of carbonyl (C=O) groups is 1. The molecule has 8 heteroatoms. The molecule has 1 unspecified atom stereocenters. The lowest BCUT2D eigenvalue weighted by atomic mass is 10.1. The number of fused-ring (bicyclic) bond motifs is 1. The molecule has 34 heavy (non-hydrogen) atoms. The number of aryl methyl sites for hydroxylation is 2. The van der Waals surface area contributed by atoms with Gasteiger partial charge in [-0.15, -0.1) is 12.4 Å². The molecule has 2 aromatic carbocycles. The first-order valence-electron chi connectivity index (χ1n) is 11.5. The SMILES string of the molecule is COc1cc2c(c(OC)c1OC)C(=O)C(N1CCN(CCOc3ccc(C)c(C)c3)CC1)C2.Cl. The molecule has 0 radical (unpaired) electrons. The molecule has 0 N–H and O–H groups in total. The molecule has 1 heterocycles. The van der Waals surface area contributed by atoms with Gasteiger partial charge in [-0.2, -0.15) is 0 Å². The van der Waals surface area contributed by atoms with Gasteiger partial charge in [0.15, 0.2) is 17.3 Å². The average Bonchev–Trinajstić information content (AvgIpc) is 3.16. The fourth-order valence-electron chi connectivity index (χ4n) is 4.80. The zero-order chi connectivity index (χ0) is 23.5. The summed E-state index contributed by atoms with van der Waals surface area (Å²) in [6, 6.07) is 7.96. The number of ether oxygens (including phenoxy) is 4. The summed E-state index contributed by atoms with van der Waals surface area (Å²) in [4.78, 5) is 18.0. The number of carbonyl (C=O) groups excluding carboxylic acids is 1. The molecule has 1 atom stereocenters. The van der Waals surface area contributed by atoms with Crippen LogP contribution in [0.4, 0.5) is 0 Å². The summed E-state index contributed by atoms with van der Waals surface area (Å²) >= 11 is 0. The van der Waals surface area contributed by atoms with E-state index in [0.29, 0.717) is 35.8 Å². The molecule has 0 amide bonds. The van der Waals surface area contributed by atoms with E-state index >= 15 is 0 Å². The molecular weight excluding hydrogens is 456 g/mol. The van der Waals surface area contributed by atoms with Gasteiger partial charge in [-0.1, -0.05) is 6.07 Å². The lowest BCUT2D eigenvalue weighted by molar-refractivity contribution is 0.0665. The summed E-state index contributed by atoms with van der Waals surface area (Å²) in [6.07, 6.45) is 0.667. The summed E-state index contributed by atoms with van der Waals surface area (Å²) in [7, 11) is 4.73. The van der Waals surface area contributed by atoms with E-state index in [9.17, 15) is 4.79 Å². The van der Waals surface area contributed by atoms with Gasteiger partial charge in [0.05, 0.1) is 32.9 Å². The molecule has 0 aromatic heterocycles. The van der Waals surface area contributed by atoms with Crippen LogP contribution in [-0.4, -0.2) is 82.3 Å². The zero-order valence-corrected chi connectivity index (χ0v) is 21.5. The second kappa shape index (κ2) is 11.3. The fourth-order valence-corrected chi connectivity index (χ4v) is 4.80. The number of nitrogens with zero attached hydrogens (tertiary/aromatic N) is 2. The van der Waals surface area contributed by atoms with Crippen molar-refractivity contribution in [3.8, 4) is 23.0 Å². The minimum atomic E-state index is -0.167. The highest BCUT2D eigenvalue weighted by Crippen LogP contribution is 2.45. The Morgan fingerprint density at radius 2 is 1.62 bits per heavy atom. The Morgan fingerprint density at radius 3 is 2.24 bits per heavy atom. The minimum Gasteiger partial charge on any atom is -0.493 e. The molecule has 0 bridgehead atoms. The van der Waals surface area contributed by atoms with Gasteiger partial charge >= 0.3 is 0 Å². The monoisotopic (exact) mass is 490 g/mol. The lowest BCUT2D eigenvalue weighted by Gasteiger charge is -2.37. The smallest absolute Gasteiger partial charge is 0.204 e. The van der Waals surface area contributed by atoms with Crippen molar-refractivity contribution in [2.24, 2.45) is 0 Å². The van der Waals surface area contributed by atoms with Crippen molar-refractivity contribution in [2.75, 3.05) is 60.7 Å². The quantitative estimate of drug-likeness (QED) is 0.560. The minimum absolute atomic E-state index is 0. The highest BCUT2D eigenvalue weighted by atomic mass is 35.5. The van der Waals surface area contributed by atoms with Gasteiger partial charge in [0.1, 0.15) is 12.4 Å². The maximum Gasteiger partial charge on any atom is 0.204 e. The van der Waals surface area contributed by atoms with Crippen LogP contribution in [0.1, 0.15) is 27.0 Å². The topological polar surface area (TPSA) is 60.5 Å². The standard InChI is InChI=1S/C26H34N2O5.ClH/c1-17-6-7-20(14-18(17)2)33-13-12-27-8-10-28(11-9-27)21-15-19-16-22(30-3)25(31-4)26(32-5)23(19)24(21)29;/h6-7,14,16,21H,8-13,15H2,1-5H3;1H. The van der Waals surface area contributed by atoms with Crippen LogP contribution in [0.15, 0.2) is 24.3 Å². The molecule has 7 nitrogen and oxygen atoms in total. The third kappa shape index (κ3) is 5.11. The van der Waals surface area contributed by atoms with Gasteiger partial charge in [0.25, 0.3) is 0 Å². The molecule has 4 rings (SSSR count). The van der Waals surface area contributed by atoms with E-state index < -0.39 is 0 Å². The number of methoxy groups -OCH3 is 3. The molecule has 1 saturated heterocycles. The van der Waals surface area contributed by atoms with Crippen molar-refractivity contribution in [2.45, 2.75) is 26.3 Å². The molecule has 186 valence electrons. The van der Waals surface area contributed by atoms with E-state index in [1.807, 2.05) is 12.1 Å². The van der Waals surface area contributed by atoms with Crippen molar-refractivity contribution < 1.29 is 23.7 Å². The summed E-state index contributed by atoms with van der Waals surface area (Å²) < 4.78 is 22.5. The van der Waals surface area contributed by atoms with Crippen molar-refractivity contribution in [1.29, 1.82) is 0 Å². The van der Waals surface area contributed by atoms with Crippen LogP contribution in [0, 0.1) is 13.8 Å². The predicted octanol–water partition coefficient (Wildman–Crippen LogP) is 3.56. The Bertz CT molecular complexity index is 1020. The Balaban J connectivity index is 0.00000324. The van der Waals surface area contributed by atoms with Gasteiger partial charge < -0.3 is 18.9 Å². The number of halogens is 1. The van der Waals surface area contributed by atoms with Crippen LogP contribution >= 0.6 is 12.4 Å². The first kappa shape index (κ1) is 26.1. The second-order valence-electron chi connectivity index (χ2n) is 8.74. The van der Waals surface area contributed by atoms with E-state index in [-0.39, 0.29) is 24.2 Å². The highest BCUT2D eigenvalue weighted by Gasteiger charge is 2.40. The van der Waals surface area contributed by atoms with Crippen molar-refractivity contribution in [1.82, 2.24) is 9.80 Å². The maximum absolute atomic E-state index is 13.4. The van der Waals surface area contributed by atoms with Crippen LogP contribution in [0.2, 0.25) is 0 Å². The van der Waals surface area contributed by atoms with E-state index in [4.69, 9.17) is 18.9 Å². The van der Waals surface area contributed by atoms with Crippen LogP contribution in [0.3, 0.4) is 0 Å². The van der Waals surface area contributed by atoms with Gasteiger partial charge in [-0.05, 0) is 55.2 Å². The molecule has 2 aliphatic rings. The van der Waals surface area contributed by atoms with Gasteiger partial charge in [-0.25, -0.2) is 0 Å². The molecule has 1 aliphatic heterocycles. The van der Waals surface area contributed by atoms with Crippen LogP contribution in [0.25, 0.3) is 0 Å². The normalized spacial score (nSPS) is 18.3. The fraction of sp³-hybridized carbons (Fsp3) is 0.500. The Morgan fingerprint density at radius 1 is 0.912 bits per heavy atom. The van der Waals surface area contributed by atoms with Crippen LogP contribution in [0.5, 0.6) is 23.0 Å². The molecule has 0 spiro atoms. The van der Waals surface area contributed by atoms with Crippen LogP contribution < -0.4 is 18.9 Å². The third-order valence-electron chi connectivity index (χ3n) is 6.88. The van der Waals surface area contributed by atoms with E-state index in [1.54, 1.807) is 21.3 Å². The second-order valence-corrected chi connectivity index (χ2v) is 8.74. The number of piperazine rings is 1. The zero-order valence-electron chi connectivity index (χ0n) is 20.7. The Labute approximate surface area is 208 Å². The lowest BCUT2D eigenvalue weighted by Crippen LogP contribution is -2.52. The number of ketones is 1. The first-order chi connectivity index (χ1) is 16.0. The summed E-state index contributed by atoms with van der Waals surface area (Å²) in [5.41, 5.74) is 4.11. The summed E-state index contributed by atoms with van der Waals surface area (Å²) in [5, 5.41) is 0. The molecular formula is C26H35ClN2O5. The largest absolute Gasteiger partial charge is 0.493 e. The Kier molecular flexibility index (Phi) is 8.68. The number of benzene rings is 2. The molecule has 1 fully saturated rings. The highest BCUT2D eigenvalue weighted by molar-refractivity contribution is 6.07. The molecule has 1 aliphatic carbocycles. The molecule has 0 saturated carbocycles.